The molecule has 27 heavy (non-hydrogen) atoms. The zero-order chi connectivity index (χ0) is 19.2. The molecule has 3 rings (SSSR count). The average molecular weight is 379 g/mol. The molecule has 0 aromatic heterocycles. The molecule has 0 saturated carbocycles. The van der Waals surface area contributed by atoms with E-state index in [0.717, 1.165) is 43.9 Å². The lowest BCUT2D eigenvalue weighted by Gasteiger charge is -2.41. The van der Waals surface area contributed by atoms with E-state index in [9.17, 15) is 5.11 Å². The van der Waals surface area contributed by atoms with Crippen LogP contribution in [0, 0.1) is 0 Å². The Labute approximate surface area is 163 Å². The van der Waals surface area contributed by atoms with Crippen LogP contribution in [-0.4, -0.2) is 74.6 Å². The molecule has 2 saturated heterocycles. The Hall–Kier alpha value is -1.50. The molecule has 0 unspecified atom stereocenters. The quantitative estimate of drug-likeness (QED) is 0.821. The summed E-state index contributed by atoms with van der Waals surface area (Å²) in [6.45, 7) is 4.66. The van der Waals surface area contributed by atoms with Crippen molar-refractivity contribution >= 4 is 0 Å². The van der Waals surface area contributed by atoms with Crippen LogP contribution in [0.4, 0.5) is 0 Å². The second-order valence-corrected chi connectivity index (χ2v) is 7.63. The number of methoxy groups -OCH3 is 3. The molecule has 2 atom stereocenters. The number of benzene rings is 1. The highest BCUT2D eigenvalue weighted by Crippen LogP contribution is 2.35. The van der Waals surface area contributed by atoms with E-state index in [0.29, 0.717) is 24.1 Å². The number of rotatable bonds is 6. The molecule has 152 valence electrons. The number of hydrogen-bond donors (Lipinski definition) is 1. The van der Waals surface area contributed by atoms with Crippen molar-refractivity contribution in [2.75, 3.05) is 47.5 Å². The topological polar surface area (TPSA) is 54.4 Å². The minimum Gasteiger partial charge on any atom is -0.496 e. The molecule has 0 amide bonds. The number of ether oxygens (including phenoxy) is 3. The third-order valence-corrected chi connectivity index (χ3v) is 5.92. The van der Waals surface area contributed by atoms with Gasteiger partial charge in [-0.15, -0.1) is 0 Å². The summed E-state index contributed by atoms with van der Waals surface area (Å²) in [5, 5.41) is 10.8. The molecule has 1 N–H and O–H groups in total. The lowest BCUT2D eigenvalue weighted by atomic mass is 9.99. The summed E-state index contributed by atoms with van der Waals surface area (Å²) in [6.07, 6.45) is 5.88. The minimum absolute atomic E-state index is 0.298. The van der Waals surface area contributed by atoms with Gasteiger partial charge >= 0.3 is 0 Å². The Morgan fingerprint density at radius 2 is 1.52 bits per heavy atom. The van der Waals surface area contributed by atoms with Crippen molar-refractivity contribution in [1.29, 1.82) is 0 Å². The second kappa shape index (κ2) is 9.62. The van der Waals surface area contributed by atoms with Crippen LogP contribution in [0.5, 0.6) is 17.2 Å². The van der Waals surface area contributed by atoms with Crippen molar-refractivity contribution in [2.24, 2.45) is 0 Å². The van der Waals surface area contributed by atoms with Gasteiger partial charge in [0.25, 0.3) is 0 Å². The van der Waals surface area contributed by atoms with Crippen LogP contribution in [0.3, 0.4) is 0 Å². The van der Waals surface area contributed by atoms with Gasteiger partial charge in [0.1, 0.15) is 5.75 Å². The monoisotopic (exact) mass is 378 g/mol. The van der Waals surface area contributed by atoms with Crippen LogP contribution in [0.2, 0.25) is 0 Å². The third kappa shape index (κ3) is 4.86. The van der Waals surface area contributed by atoms with E-state index in [1.165, 1.54) is 25.7 Å². The van der Waals surface area contributed by atoms with Crippen LogP contribution in [-0.2, 0) is 6.54 Å². The summed E-state index contributed by atoms with van der Waals surface area (Å²) in [5.74, 6) is 2.16. The SMILES string of the molecule is COc1cc(OC)c(OC)cc1CN1CC[C@H](N2CCCCCC2)[C@@H](O)C1. The fourth-order valence-corrected chi connectivity index (χ4v) is 4.44. The highest BCUT2D eigenvalue weighted by molar-refractivity contribution is 5.50. The fourth-order valence-electron chi connectivity index (χ4n) is 4.44. The lowest BCUT2D eigenvalue weighted by Crippen LogP contribution is -2.54. The van der Waals surface area contributed by atoms with Gasteiger partial charge in [0.15, 0.2) is 11.5 Å². The van der Waals surface area contributed by atoms with Crippen LogP contribution in [0.25, 0.3) is 0 Å². The van der Waals surface area contributed by atoms with Crippen molar-refractivity contribution in [2.45, 2.75) is 50.8 Å². The summed E-state index contributed by atoms with van der Waals surface area (Å²) < 4.78 is 16.4. The molecular formula is C21H34N2O4. The van der Waals surface area contributed by atoms with Gasteiger partial charge in [-0.05, 0) is 38.4 Å². The largest absolute Gasteiger partial charge is 0.496 e. The van der Waals surface area contributed by atoms with E-state index < -0.39 is 0 Å². The zero-order valence-electron chi connectivity index (χ0n) is 16.9. The molecule has 0 spiro atoms. The molecule has 6 nitrogen and oxygen atoms in total. The molecule has 2 aliphatic heterocycles. The third-order valence-electron chi connectivity index (χ3n) is 5.92. The van der Waals surface area contributed by atoms with Crippen molar-refractivity contribution in [3.63, 3.8) is 0 Å². The zero-order valence-corrected chi connectivity index (χ0v) is 16.9. The Kier molecular flexibility index (Phi) is 7.21. The first kappa shape index (κ1) is 20.2. The smallest absolute Gasteiger partial charge is 0.164 e. The Bertz CT molecular complexity index is 602. The summed E-state index contributed by atoms with van der Waals surface area (Å²) >= 11 is 0. The maximum Gasteiger partial charge on any atom is 0.164 e. The second-order valence-electron chi connectivity index (χ2n) is 7.63. The first-order chi connectivity index (χ1) is 13.2. The maximum absolute atomic E-state index is 10.8. The predicted octanol–water partition coefficient (Wildman–Crippen LogP) is 2.52. The van der Waals surface area contributed by atoms with E-state index in [1.807, 2.05) is 12.1 Å². The van der Waals surface area contributed by atoms with E-state index in [1.54, 1.807) is 21.3 Å². The number of β-amino-alcohol motifs (C(OH)–C–C–N with tert-alkyl or cyclic N) is 1. The summed E-state index contributed by atoms with van der Waals surface area (Å²) in [5.41, 5.74) is 1.05. The van der Waals surface area contributed by atoms with E-state index in [2.05, 4.69) is 9.80 Å². The average Bonchev–Trinajstić information content (AvgIpc) is 2.97. The van der Waals surface area contributed by atoms with Crippen molar-refractivity contribution in [1.82, 2.24) is 9.80 Å². The summed E-state index contributed by atoms with van der Waals surface area (Å²) in [4.78, 5) is 4.83. The Morgan fingerprint density at radius 1 is 0.889 bits per heavy atom. The van der Waals surface area contributed by atoms with Gasteiger partial charge in [-0.2, -0.15) is 0 Å². The number of nitrogens with zero attached hydrogens (tertiary/aromatic N) is 2. The molecular weight excluding hydrogens is 344 g/mol. The van der Waals surface area contributed by atoms with E-state index in [4.69, 9.17) is 14.2 Å². The van der Waals surface area contributed by atoms with Gasteiger partial charge in [-0.1, -0.05) is 12.8 Å². The molecule has 2 heterocycles. The number of aliphatic hydroxyl groups excluding tert-OH is 1. The standard InChI is InChI=1S/C21H34N2O4/c1-25-19-13-21(27-3)20(26-2)12-16(19)14-22-11-8-17(18(24)15-22)23-9-6-4-5-7-10-23/h12-13,17-18,24H,4-11,14-15H2,1-3H3/t17-,18-/m0/s1. The van der Waals surface area contributed by atoms with Gasteiger partial charge in [0.05, 0.1) is 27.4 Å². The lowest BCUT2D eigenvalue weighted by molar-refractivity contribution is -0.0145. The Balaban J connectivity index is 1.65. The fraction of sp³-hybridized carbons (Fsp3) is 0.714. The van der Waals surface area contributed by atoms with E-state index in [-0.39, 0.29) is 6.10 Å². The van der Waals surface area contributed by atoms with Crippen LogP contribution in [0.15, 0.2) is 12.1 Å². The predicted molar refractivity (Wildman–Crippen MR) is 106 cm³/mol. The number of hydrogen-bond acceptors (Lipinski definition) is 6. The normalized spacial score (nSPS) is 25.0. The van der Waals surface area contributed by atoms with Crippen molar-refractivity contribution < 1.29 is 19.3 Å². The van der Waals surface area contributed by atoms with Crippen LogP contribution in [0.1, 0.15) is 37.7 Å². The van der Waals surface area contributed by atoms with Crippen molar-refractivity contribution in [3.05, 3.63) is 17.7 Å². The van der Waals surface area contributed by atoms with Crippen LogP contribution >= 0.6 is 0 Å². The molecule has 1 aromatic rings. The van der Waals surface area contributed by atoms with Crippen molar-refractivity contribution in [3.8, 4) is 17.2 Å². The molecule has 1 aromatic carbocycles. The van der Waals surface area contributed by atoms with Crippen LogP contribution < -0.4 is 14.2 Å². The summed E-state index contributed by atoms with van der Waals surface area (Å²) in [7, 11) is 4.94. The number of piperidine rings is 1. The number of likely N-dealkylation sites (tertiary alicyclic amines) is 2. The molecule has 2 fully saturated rings. The van der Waals surface area contributed by atoms with Gasteiger partial charge in [-0.25, -0.2) is 0 Å². The Morgan fingerprint density at radius 3 is 2.11 bits per heavy atom. The van der Waals surface area contributed by atoms with Gasteiger partial charge in [-0.3, -0.25) is 9.80 Å². The molecule has 0 aliphatic carbocycles. The molecule has 2 aliphatic rings. The van der Waals surface area contributed by atoms with Gasteiger partial charge in [0.2, 0.25) is 0 Å². The highest BCUT2D eigenvalue weighted by atomic mass is 16.5. The molecule has 0 radical (unpaired) electrons. The van der Waals surface area contributed by atoms with E-state index >= 15 is 0 Å². The van der Waals surface area contributed by atoms with Gasteiger partial charge in [0, 0.05) is 37.3 Å². The molecule has 0 bridgehead atoms. The molecule has 6 heteroatoms. The minimum atomic E-state index is -0.303. The first-order valence-electron chi connectivity index (χ1n) is 10.1. The highest BCUT2D eigenvalue weighted by Gasteiger charge is 2.32. The number of aliphatic hydroxyl groups is 1. The maximum atomic E-state index is 10.8. The first-order valence-corrected chi connectivity index (χ1v) is 10.1. The van der Waals surface area contributed by atoms with Gasteiger partial charge < -0.3 is 19.3 Å². The summed E-state index contributed by atoms with van der Waals surface area (Å²) in [6, 6.07) is 4.14.